The molecule has 1 amide bonds. The van der Waals surface area contributed by atoms with E-state index >= 15 is 0 Å². The fourth-order valence-electron chi connectivity index (χ4n) is 5.42. The Morgan fingerprint density at radius 2 is 2.21 bits per heavy atom. The van der Waals surface area contributed by atoms with Gasteiger partial charge in [0, 0.05) is 62.6 Å². The van der Waals surface area contributed by atoms with Gasteiger partial charge in [0.1, 0.15) is 0 Å². The Balaban J connectivity index is 1.33. The first-order valence-electron chi connectivity index (χ1n) is 12.4. The van der Waals surface area contributed by atoms with Gasteiger partial charge in [-0.1, -0.05) is 19.1 Å². The molecule has 34 heavy (non-hydrogen) atoms. The van der Waals surface area contributed by atoms with Crippen molar-refractivity contribution >= 4 is 5.91 Å². The molecule has 3 aliphatic rings. The molecule has 1 aromatic carbocycles. The van der Waals surface area contributed by atoms with Crippen LogP contribution in [0.3, 0.4) is 0 Å². The molecule has 1 saturated heterocycles. The maximum atomic E-state index is 13.3. The average Bonchev–Trinajstić information content (AvgIpc) is 3.59. The second-order valence-electron chi connectivity index (χ2n) is 9.24. The molecule has 0 saturated carbocycles. The first kappa shape index (κ1) is 23.1. The topological polar surface area (TPSA) is 81.1 Å². The first-order valence-corrected chi connectivity index (χ1v) is 12.4. The van der Waals surface area contributed by atoms with Crippen LogP contribution in [-0.2, 0) is 30.8 Å². The lowest BCUT2D eigenvalue weighted by molar-refractivity contribution is 0.0932. The van der Waals surface area contributed by atoms with Crippen LogP contribution in [-0.4, -0.2) is 78.2 Å². The van der Waals surface area contributed by atoms with E-state index in [0.29, 0.717) is 38.0 Å². The minimum Gasteiger partial charge on any atom is -0.454 e. The van der Waals surface area contributed by atoms with Gasteiger partial charge in [-0.05, 0) is 32.0 Å². The standard InChI is InChI=1S/C25H35N5O4/c1-3-29-10-5-7-19(29)14-26-25(31)23-20-16-28(11-9-21(20)30(27-23)12-13-32-2)15-18-6-4-8-22-24(18)34-17-33-22/h4,6,8,19H,3,5,7,9-17H2,1-2H3,(H,26,31). The van der Waals surface area contributed by atoms with E-state index < -0.39 is 0 Å². The van der Waals surface area contributed by atoms with Gasteiger partial charge in [0.25, 0.3) is 5.91 Å². The highest BCUT2D eigenvalue weighted by Crippen LogP contribution is 2.36. The molecule has 0 aliphatic carbocycles. The largest absolute Gasteiger partial charge is 0.454 e. The summed E-state index contributed by atoms with van der Waals surface area (Å²) < 4.78 is 18.5. The number of hydrogen-bond acceptors (Lipinski definition) is 7. The normalized spacial score (nSPS) is 20.0. The van der Waals surface area contributed by atoms with Crippen molar-refractivity contribution in [1.29, 1.82) is 0 Å². The number of para-hydroxylation sites is 1. The number of fused-ring (bicyclic) bond motifs is 2. The molecule has 1 N–H and O–H groups in total. The minimum atomic E-state index is -0.0745. The number of methoxy groups -OCH3 is 1. The molecule has 0 radical (unpaired) electrons. The summed E-state index contributed by atoms with van der Waals surface area (Å²) in [5, 5.41) is 7.93. The van der Waals surface area contributed by atoms with Gasteiger partial charge in [-0.3, -0.25) is 19.3 Å². The summed E-state index contributed by atoms with van der Waals surface area (Å²) in [5.74, 6) is 1.56. The van der Waals surface area contributed by atoms with Crippen molar-refractivity contribution in [3.05, 3.63) is 40.7 Å². The van der Waals surface area contributed by atoms with E-state index in [1.165, 1.54) is 6.42 Å². The molecule has 9 nitrogen and oxygen atoms in total. The molecule has 5 rings (SSSR count). The third kappa shape index (κ3) is 4.64. The van der Waals surface area contributed by atoms with Crippen LogP contribution in [0.25, 0.3) is 0 Å². The Morgan fingerprint density at radius 3 is 3.06 bits per heavy atom. The molecular formula is C25H35N5O4. The number of nitrogens with zero attached hydrogens (tertiary/aromatic N) is 4. The van der Waals surface area contributed by atoms with Gasteiger partial charge >= 0.3 is 0 Å². The van der Waals surface area contributed by atoms with Crippen LogP contribution in [0.1, 0.15) is 47.1 Å². The Labute approximate surface area is 200 Å². The number of likely N-dealkylation sites (tertiary alicyclic amines) is 1. The lowest BCUT2D eigenvalue weighted by atomic mass is 10.0. The molecule has 9 heteroatoms. The zero-order valence-electron chi connectivity index (χ0n) is 20.2. The van der Waals surface area contributed by atoms with Crippen LogP contribution in [0, 0.1) is 0 Å². The summed E-state index contributed by atoms with van der Waals surface area (Å²) in [6.07, 6.45) is 3.18. The Bertz CT molecular complexity index is 1020. The number of benzene rings is 1. The summed E-state index contributed by atoms with van der Waals surface area (Å²) in [5.41, 5.74) is 3.84. The number of aromatic nitrogens is 2. The second kappa shape index (κ2) is 10.3. The van der Waals surface area contributed by atoms with Crippen molar-refractivity contribution < 1.29 is 19.0 Å². The number of amides is 1. The fourth-order valence-corrected chi connectivity index (χ4v) is 5.42. The second-order valence-corrected chi connectivity index (χ2v) is 9.24. The van der Waals surface area contributed by atoms with E-state index in [0.717, 1.165) is 67.3 Å². The molecule has 1 aromatic heterocycles. The maximum Gasteiger partial charge on any atom is 0.272 e. The van der Waals surface area contributed by atoms with Crippen molar-refractivity contribution in [2.24, 2.45) is 0 Å². The van der Waals surface area contributed by atoms with Crippen LogP contribution in [0.4, 0.5) is 0 Å². The summed E-state index contributed by atoms with van der Waals surface area (Å²) in [6, 6.07) is 6.44. The minimum absolute atomic E-state index is 0.0745. The zero-order chi connectivity index (χ0) is 23.5. The molecule has 0 spiro atoms. The zero-order valence-corrected chi connectivity index (χ0v) is 20.2. The lowest BCUT2D eigenvalue weighted by Gasteiger charge is -2.28. The number of hydrogen-bond donors (Lipinski definition) is 1. The van der Waals surface area contributed by atoms with Crippen LogP contribution >= 0.6 is 0 Å². The fraction of sp³-hybridized carbons (Fsp3) is 0.600. The van der Waals surface area contributed by atoms with E-state index in [2.05, 4.69) is 28.1 Å². The SMILES string of the molecule is CCN1CCCC1CNC(=O)c1nn(CCOC)c2c1CN(Cc1cccc3c1OCO3)CC2. The summed E-state index contributed by atoms with van der Waals surface area (Å²) in [4.78, 5) is 18.1. The van der Waals surface area contributed by atoms with E-state index in [1.54, 1.807) is 7.11 Å². The van der Waals surface area contributed by atoms with Crippen LogP contribution in [0.5, 0.6) is 11.5 Å². The molecule has 184 valence electrons. The molecule has 1 fully saturated rings. The van der Waals surface area contributed by atoms with Gasteiger partial charge in [0.15, 0.2) is 17.2 Å². The molecule has 1 unspecified atom stereocenters. The van der Waals surface area contributed by atoms with Gasteiger partial charge in [0.05, 0.1) is 13.2 Å². The summed E-state index contributed by atoms with van der Waals surface area (Å²) in [7, 11) is 1.69. The molecule has 3 aliphatic heterocycles. The number of rotatable bonds is 9. The smallest absolute Gasteiger partial charge is 0.272 e. The van der Waals surface area contributed by atoms with E-state index in [9.17, 15) is 4.79 Å². The molecule has 2 aromatic rings. The van der Waals surface area contributed by atoms with Crippen LogP contribution in [0.2, 0.25) is 0 Å². The molecular weight excluding hydrogens is 434 g/mol. The number of ether oxygens (including phenoxy) is 3. The third-order valence-electron chi connectivity index (χ3n) is 7.21. The number of nitrogens with one attached hydrogen (secondary N) is 1. The summed E-state index contributed by atoms with van der Waals surface area (Å²) >= 11 is 0. The number of carbonyl (C=O) groups excluding carboxylic acids is 1. The number of likely N-dealkylation sites (N-methyl/N-ethyl adjacent to an activating group) is 1. The predicted molar refractivity (Wildman–Crippen MR) is 127 cm³/mol. The van der Waals surface area contributed by atoms with Gasteiger partial charge in [-0.2, -0.15) is 5.10 Å². The van der Waals surface area contributed by atoms with Crippen molar-refractivity contribution in [1.82, 2.24) is 24.9 Å². The highest BCUT2D eigenvalue weighted by atomic mass is 16.7. The van der Waals surface area contributed by atoms with Crippen LogP contribution in [0.15, 0.2) is 18.2 Å². The van der Waals surface area contributed by atoms with Crippen LogP contribution < -0.4 is 14.8 Å². The van der Waals surface area contributed by atoms with Crippen molar-refractivity contribution in [3.63, 3.8) is 0 Å². The highest BCUT2D eigenvalue weighted by molar-refractivity contribution is 5.94. The average molecular weight is 470 g/mol. The van der Waals surface area contributed by atoms with E-state index in [-0.39, 0.29) is 12.7 Å². The molecule has 4 heterocycles. The molecule has 0 bridgehead atoms. The molecule has 1 atom stereocenters. The monoisotopic (exact) mass is 469 g/mol. The van der Waals surface area contributed by atoms with Gasteiger partial charge in [-0.15, -0.1) is 0 Å². The Kier molecular flexibility index (Phi) is 7.03. The van der Waals surface area contributed by atoms with Gasteiger partial charge < -0.3 is 19.5 Å². The summed E-state index contributed by atoms with van der Waals surface area (Å²) in [6.45, 7) is 8.79. The van der Waals surface area contributed by atoms with E-state index in [1.807, 2.05) is 16.8 Å². The predicted octanol–water partition coefficient (Wildman–Crippen LogP) is 2.03. The number of carbonyl (C=O) groups is 1. The Morgan fingerprint density at radius 1 is 1.29 bits per heavy atom. The highest BCUT2D eigenvalue weighted by Gasteiger charge is 2.30. The maximum absolute atomic E-state index is 13.3. The van der Waals surface area contributed by atoms with E-state index in [4.69, 9.17) is 19.3 Å². The van der Waals surface area contributed by atoms with Gasteiger partial charge in [0.2, 0.25) is 6.79 Å². The van der Waals surface area contributed by atoms with Crippen molar-refractivity contribution in [2.75, 3.05) is 46.7 Å². The van der Waals surface area contributed by atoms with Gasteiger partial charge in [-0.25, -0.2) is 0 Å². The Hall–Kier alpha value is -2.62. The third-order valence-corrected chi connectivity index (χ3v) is 7.21. The van der Waals surface area contributed by atoms with Crippen molar-refractivity contribution in [2.45, 2.75) is 51.9 Å². The first-order chi connectivity index (χ1) is 16.7. The van der Waals surface area contributed by atoms with Crippen molar-refractivity contribution in [3.8, 4) is 11.5 Å². The quantitative estimate of drug-likeness (QED) is 0.602. The lowest BCUT2D eigenvalue weighted by Crippen LogP contribution is -2.40.